The number of likely N-dealkylation sites (tertiary alicyclic amines) is 1. The highest BCUT2D eigenvalue weighted by Gasteiger charge is 2.31. The maximum Gasteiger partial charge on any atom is 0.0642 e. The van der Waals surface area contributed by atoms with E-state index in [-0.39, 0.29) is 6.04 Å². The van der Waals surface area contributed by atoms with Crippen molar-refractivity contribution in [3.8, 4) is 0 Å². The fourth-order valence-electron chi connectivity index (χ4n) is 2.97. The average molecular weight is 236 g/mol. The van der Waals surface area contributed by atoms with Gasteiger partial charge in [-0.2, -0.15) is 5.10 Å². The van der Waals surface area contributed by atoms with Crippen molar-refractivity contribution in [3.63, 3.8) is 0 Å². The third-order valence-electron chi connectivity index (χ3n) is 3.66. The number of aryl methyl sites for hydroxylation is 2. The molecule has 4 heteroatoms. The fourth-order valence-corrected chi connectivity index (χ4v) is 2.97. The maximum absolute atomic E-state index is 6.33. The van der Waals surface area contributed by atoms with E-state index in [1.54, 1.807) is 0 Å². The molecule has 17 heavy (non-hydrogen) atoms. The van der Waals surface area contributed by atoms with Crippen molar-refractivity contribution in [1.29, 1.82) is 0 Å². The van der Waals surface area contributed by atoms with Crippen molar-refractivity contribution in [3.05, 3.63) is 17.5 Å². The van der Waals surface area contributed by atoms with E-state index in [0.29, 0.717) is 6.04 Å². The first-order valence-electron chi connectivity index (χ1n) is 6.63. The Hall–Kier alpha value is -0.870. The molecule has 0 amide bonds. The molecule has 0 aliphatic carbocycles. The van der Waals surface area contributed by atoms with Crippen molar-refractivity contribution in [2.24, 2.45) is 12.8 Å². The first-order chi connectivity index (χ1) is 8.13. The molecule has 0 radical (unpaired) electrons. The molecule has 1 aromatic heterocycles. The molecule has 0 aromatic carbocycles. The van der Waals surface area contributed by atoms with Crippen molar-refractivity contribution in [2.45, 2.75) is 45.2 Å². The lowest BCUT2D eigenvalue weighted by atomic mass is 9.91. The molecule has 4 nitrogen and oxygen atoms in total. The quantitative estimate of drug-likeness (QED) is 0.867. The van der Waals surface area contributed by atoms with Gasteiger partial charge in [0.25, 0.3) is 0 Å². The van der Waals surface area contributed by atoms with Crippen LogP contribution in [0.25, 0.3) is 0 Å². The predicted molar refractivity (Wildman–Crippen MR) is 69.8 cm³/mol. The van der Waals surface area contributed by atoms with Gasteiger partial charge in [-0.25, -0.2) is 0 Å². The molecule has 2 atom stereocenters. The van der Waals surface area contributed by atoms with Gasteiger partial charge in [-0.15, -0.1) is 0 Å². The SMILES string of the molecule is CCCN1CCCC(N)C1c1cn(C)nc1C. The third-order valence-corrected chi connectivity index (χ3v) is 3.66. The zero-order chi connectivity index (χ0) is 12.4. The van der Waals surface area contributed by atoms with E-state index in [4.69, 9.17) is 5.73 Å². The summed E-state index contributed by atoms with van der Waals surface area (Å²) in [6, 6.07) is 0.607. The monoisotopic (exact) mass is 236 g/mol. The van der Waals surface area contributed by atoms with E-state index in [9.17, 15) is 0 Å². The second kappa shape index (κ2) is 5.19. The Morgan fingerprint density at radius 3 is 2.88 bits per heavy atom. The van der Waals surface area contributed by atoms with Gasteiger partial charge in [0, 0.05) is 24.8 Å². The lowest BCUT2D eigenvalue weighted by Gasteiger charge is -2.39. The van der Waals surface area contributed by atoms with Crippen molar-refractivity contribution in [2.75, 3.05) is 13.1 Å². The molecular weight excluding hydrogens is 212 g/mol. The molecule has 1 aliphatic rings. The lowest BCUT2D eigenvalue weighted by molar-refractivity contribution is 0.128. The van der Waals surface area contributed by atoms with Crippen LogP contribution in [0.2, 0.25) is 0 Å². The van der Waals surface area contributed by atoms with Crippen LogP contribution in [0.5, 0.6) is 0 Å². The number of piperidine rings is 1. The Bertz CT molecular complexity index is 369. The molecule has 1 aromatic rings. The zero-order valence-corrected chi connectivity index (χ0v) is 11.2. The Morgan fingerprint density at radius 1 is 1.53 bits per heavy atom. The number of nitrogens with zero attached hydrogens (tertiary/aromatic N) is 3. The van der Waals surface area contributed by atoms with Gasteiger partial charge in [0.1, 0.15) is 0 Å². The molecular formula is C13H24N4. The summed E-state index contributed by atoms with van der Waals surface area (Å²) in [5.41, 5.74) is 8.77. The molecule has 0 bridgehead atoms. The number of rotatable bonds is 3. The van der Waals surface area contributed by atoms with Crippen LogP contribution in [0, 0.1) is 6.92 Å². The Balaban J connectivity index is 2.27. The third kappa shape index (κ3) is 2.53. The minimum atomic E-state index is 0.248. The second-order valence-corrected chi connectivity index (χ2v) is 5.13. The number of hydrogen-bond donors (Lipinski definition) is 1. The van der Waals surface area contributed by atoms with Crippen LogP contribution in [0.3, 0.4) is 0 Å². The van der Waals surface area contributed by atoms with Gasteiger partial charge in [0.05, 0.1) is 11.7 Å². The second-order valence-electron chi connectivity index (χ2n) is 5.13. The molecule has 1 saturated heterocycles. The van der Waals surface area contributed by atoms with E-state index in [1.165, 1.54) is 24.9 Å². The zero-order valence-electron chi connectivity index (χ0n) is 11.2. The molecule has 2 unspecified atom stereocenters. The summed E-state index contributed by atoms with van der Waals surface area (Å²) in [6.07, 6.45) is 5.66. The Labute approximate surface area is 104 Å². The highest BCUT2D eigenvalue weighted by atomic mass is 15.3. The molecule has 96 valence electrons. The van der Waals surface area contributed by atoms with E-state index < -0.39 is 0 Å². The Kier molecular flexibility index (Phi) is 3.84. The molecule has 2 rings (SSSR count). The van der Waals surface area contributed by atoms with Gasteiger partial charge in [-0.1, -0.05) is 6.92 Å². The molecule has 0 saturated carbocycles. The van der Waals surface area contributed by atoms with Crippen molar-refractivity contribution < 1.29 is 0 Å². The van der Waals surface area contributed by atoms with E-state index in [2.05, 4.69) is 30.0 Å². The van der Waals surface area contributed by atoms with Crippen LogP contribution in [0.15, 0.2) is 6.20 Å². The van der Waals surface area contributed by atoms with Crippen LogP contribution in [-0.2, 0) is 7.05 Å². The van der Waals surface area contributed by atoms with Crippen LogP contribution in [0.1, 0.15) is 43.5 Å². The summed E-state index contributed by atoms with van der Waals surface area (Å²) in [6.45, 7) is 6.61. The summed E-state index contributed by atoms with van der Waals surface area (Å²) in [5.74, 6) is 0. The first kappa shape index (κ1) is 12.6. The normalized spacial score (nSPS) is 26.4. The van der Waals surface area contributed by atoms with Gasteiger partial charge in [0.2, 0.25) is 0 Å². The fraction of sp³-hybridized carbons (Fsp3) is 0.769. The van der Waals surface area contributed by atoms with Crippen LogP contribution >= 0.6 is 0 Å². The summed E-state index contributed by atoms with van der Waals surface area (Å²) in [4.78, 5) is 2.53. The minimum Gasteiger partial charge on any atom is -0.326 e. The van der Waals surface area contributed by atoms with E-state index in [0.717, 1.165) is 18.7 Å². The largest absolute Gasteiger partial charge is 0.326 e. The molecule has 0 spiro atoms. The van der Waals surface area contributed by atoms with Crippen LogP contribution in [-0.4, -0.2) is 33.8 Å². The molecule has 2 N–H and O–H groups in total. The van der Waals surface area contributed by atoms with Crippen molar-refractivity contribution >= 4 is 0 Å². The minimum absolute atomic E-state index is 0.248. The van der Waals surface area contributed by atoms with Gasteiger partial charge >= 0.3 is 0 Å². The van der Waals surface area contributed by atoms with Gasteiger partial charge in [-0.3, -0.25) is 9.58 Å². The van der Waals surface area contributed by atoms with Crippen LogP contribution < -0.4 is 5.73 Å². The van der Waals surface area contributed by atoms with Crippen molar-refractivity contribution in [1.82, 2.24) is 14.7 Å². The summed E-state index contributed by atoms with van der Waals surface area (Å²) in [7, 11) is 1.98. The molecule has 1 fully saturated rings. The number of aromatic nitrogens is 2. The standard InChI is InChI=1S/C13H24N4/c1-4-7-17-8-5-6-12(14)13(17)11-9-16(3)15-10(11)2/h9,12-13H,4-8,14H2,1-3H3. The smallest absolute Gasteiger partial charge is 0.0642 e. The first-order valence-corrected chi connectivity index (χ1v) is 6.63. The van der Waals surface area contributed by atoms with Crippen LogP contribution in [0.4, 0.5) is 0 Å². The summed E-state index contributed by atoms with van der Waals surface area (Å²) in [5, 5.41) is 4.45. The highest BCUT2D eigenvalue weighted by molar-refractivity contribution is 5.22. The molecule has 2 heterocycles. The predicted octanol–water partition coefficient (Wildman–Crippen LogP) is 1.60. The number of hydrogen-bond acceptors (Lipinski definition) is 3. The number of nitrogens with two attached hydrogens (primary N) is 1. The van der Waals surface area contributed by atoms with Gasteiger partial charge < -0.3 is 5.73 Å². The molecule has 1 aliphatic heterocycles. The highest BCUT2D eigenvalue weighted by Crippen LogP contribution is 2.31. The van der Waals surface area contributed by atoms with Gasteiger partial charge in [-0.05, 0) is 39.3 Å². The lowest BCUT2D eigenvalue weighted by Crippen LogP contribution is -2.46. The average Bonchev–Trinajstić information content (AvgIpc) is 2.58. The van der Waals surface area contributed by atoms with E-state index in [1.807, 2.05) is 11.7 Å². The summed E-state index contributed by atoms with van der Waals surface area (Å²) >= 11 is 0. The maximum atomic E-state index is 6.33. The Morgan fingerprint density at radius 2 is 2.29 bits per heavy atom. The summed E-state index contributed by atoms with van der Waals surface area (Å²) < 4.78 is 1.90. The van der Waals surface area contributed by atoms with E-state index >= 15 is 0 Å². The topological polar surface area (TPSA) is 47.1 Å². The van der Waals surface area contributed by atoms with Gasteiger partial charge in [0.15, 0.2) is 0 Å².